The van der Waals surface area contributed by atoms with Gasteiger partial charge >= 0.3 is 0 Å². The molecule has 0 N–H and O–H groups in total. The number of likely N-dealkylation sites (tertiary alicyclic amines) is 2. The first-order valence-corrected chi connectivity index (χ1v) is 15.6. The number of hydrogen-bond donors (Lipinski definition) is 0. The average Bonchev–Trinajstić information content (AvgIpc) is 3.67. The molecule has 4 aliphatic rings. The van der Waals surface area contributed by atoms with Crippen LogP contribution >= 0.6 is 22.9 Å². The molecule has 6 heterocycles. The highest BCUT2D eigenvalue weighted by Crippen LogP contribution is 2.48. The number of hydrogen-bond acceptors (Lipinski definition) is 7. The summed E-state index contributed by atoms with van der Waals surface area (Å²) in [4.78, 5) is 33.9. The van der Waals surface area contributed by atoms with Gasteiger partial charge in [0.25, 0.3) is 0 Å². The smallest absolute Gasteiger partial charge is 0.230 e. The topological polar surface area (TPSA) is 80.6 Å². The number of rotatable bonds is 5. The summed E-state index contributed by atoms with van der Waals surface area (Å²) in [6, 6.07) is 8.57. The van der Waals surface area contributed by atoms with Crippen LogP contribution in [0.3, 0.4) is 0 Å². The maximum atomic E-state index is 12.2. The van der Waals surface area contributed by atoms with Crippen molar-refractivity contribution in [3.05, 3.63) is 62.9 Å². The molecule has 1 aliphatic carbocycles. The molecule has 2 unspecified atom stereocenters. The van der Waals surface area contributed by atoms with Crippen molar-refractivity contribution in [2.24, 2.45) is 7.05 Å². The largest absolute Gasteiger partial charge is 0.483 e. The second kappa shape index (κ2) is 9.64. The van der Waals surface area contributed by atoms with Crippen LogP contribution in [0, 0.1) is 0 Å². The minimum absolute atomic E-state index is 0.110. The number of aryl methyl sites for hydroxylation is 2. The van der Waals surface area contributed by atoms with Gasteiger partial charge in [0, 0.05) is 70.7 Å². The zero-order valence-corrected chi connectivity index (χ0v) is 24.4. The van der Waals surface area contributed by atoms with Crippen LogP contribution in [0.1, 0.15) is 59.2 Å². The molecule has 210 valence electrons. The molecule has 0 radical (unpaired) electrons. The summed E-state index contributed by atoms with van der Waals surface area (Å²) in [5.74, 6) is 0.638. The van der Waals surface area contributed by atoms with E-state index in [4.69, 9.17) is 21.4 Å². The number of ether oxygens (including phenoxy) is 1. The van der Waals surface area contributed by atoms with Gasteiger partial charge in [0.2, 0.25) is 11.8 Å². The molecule has 3 aromatic heterocycles. The van der Waals surface area contributed by atoms with Crippen LogP contribution in [-0.4, -0.2) is 55.5 Å². The molecule has 2 amide bonds. The van der Waals surface area contributed by atoms with Crippen LogP contribution in [0.15, 0.2) is 30.5 Å². The van der Waals surface area contributed by atoms with Crippen molar-refractivity contribution >= 4 is 45.0 Å². The van der Waals surface area contributed by atoms with Crippen molar-refractivity contribution in [3.63, 3.8) is 0 Å². The van der Waals surface area contributed by atoms with Gasteiger partial charge in [0.15, 0.2) is 0 Å². The van der Waals surface area contributed by atoms with Crippen molar-refractivity contribution in [2.75, 3.05) is 13.1 Å². The fourth-order valence-corrected chi connectivity index (χ4v) is 8.40. The summed E-state index contributed by atoms with van der Waals surface area (Å²) < 4.78 is 9.85. The predicted molar refractivity (Wildman–Crippen MR) is 157 cm³/mol. The van der Waals surface area contributed by atoms with E-state index in [0.29, 0.717) is 23.9 Å². The first-order valence-electron chi connectivity index (χ1n) is 14.4. The lowest BCUT2D eigenvalue weighted by molar-refractivity contribution is -0.138. The highest BCUT2D eigenvalue weighted by Gasteiger charge is 2.37. The molecule has 8 rings (SSSR count). The van der Waals surface area contributed by atoms with E-state index in [-0.39, 0.29) is 24.5 Å². The summed E-state index contributed by atoms with van der Waals surface area (Å²) in [5, 5.41) is 5.59. The number of pyridine rings is 1. The molecule has 8 nitrogen and oxygen atoms in total. The van der Waals surface area contributed by atoms with Crippen LogP contribution in [0.2, 0.25) is 5.02 Å². The van der Waals surface area contributed by atoms with E-state index in [0.717, 1.165) is 56.8 Å². The highest BCUT2D eigenvalue weighted by atomic mass is 35.5. The quantitative estimate of drug-likeness (QED) is 0.297. The number of carbonyl (C=O) groups excluding carboxylic acids is 2. The maximum Gasteiger partial charge on any atom is 0.230 e. The van der Waals surface area contributed by atoms with E-state index in [1.807, 2.05) is 36.0 Å². The SMILES string of the molecule is Cn1nc2c(c1C1Cc3cc(Cl)cc(-c4ccnc5cc(CN6C(=O)CCC6=O)sc45)c3O1)CC(N1CCC1)CC2. The van der Waals surface area contributed by atoms with Crippen molar-refractivity contribution in [3.8, 4) is 16.9 Å². The Morgan fingerprint density at radius 3 is 2.68 bits per heavy atom. The van der Waals surface area contributed by atoms with Crippen LogP contribution in [-0.2, 0) is 42.4 Å². The fourth-order valence-electron chi connectivity index (χ4n) is 7.03. The number of thiophene rings is 1. The van der Waals surface area contributed by atoms with Gasteiger partial charge in [-0.3, -0.25) is 29.1 Å². The molecule has 4 aromatic rings. The second-order valence-electron chi connectivity index (χ2n) is 11.6. The molecule has 2 saturated heterocycles. The Morgan fingerprint density at radius 1 is 1.07 bits per heavy atom. The molecule has 0 saturated carbocycles. The summed E-state index contributed by atoms with van der Waals surface area (Å²) in [5.41, 5.74) is 7.63. The van der Waals surface area contributed by atoms with E-state index in [1.54, 1.807) is 17.5 Å². The van der Waals surface area contributed by atoms with E-state index in [1.165, 1.54) is 47.8 Å². The van der Waals surface area contributed by atoms with E-state index >= 15 is 0 Å². The fraction of sp³-hybridized carbons (Fsp3) is 0.419. The van der Waals surface area contributed by atoms with Crippen LogP contribution < -0.4 is 4.74 Å². The Labute approximate surface area is 246 Å². The summed E-state index contributed by atoms with van der Waals surface area (Å²) in [7, 11) is 2.04. The molecule has 10 heteroatoms. The van der Waals surface area contributed by atoms with Gasteiger partial charge in [-0.15, -0.1) is 11.3 Å². The van der Waals surface area contributed by atoms with E-state index < -0.39 is 0 Å². The first-order chi connectivity index (χ1) is 19.9. The number of imide groups is 1. The van der Waals surface area contributed by atoms with Crippen molar-refractivity contribution in [2.45, 2.75) is 63.6 Å². The van der Waals surface area contributed by atoms with Gasteiger partial charge in [-0.1, -0.05) is 11.6 Å². The number of carbonyl (C=O) groups is 2. The third kappa shape index (κ3) is 4.20. The van der Waals surface area contributed by atoms with E-state index in [9.17, 15) is 9.59 Å². The molecule has 1 aromatic carbocycles. The first kappa shape index (κ1) is 25.4. The molecule has 0 bridgehead atoms. The van der Waals surface area contributed by atoms with Crippen LogP contribution in [0.5, 0.6) is 5.75 Å². The molecule has 2 atom stereocenters. The summed E-state index contributed by atoms with van der Waals surface area (Å²) in [6.45, 7) is 2.70. The van der Waals surface area contributed by atoms with Gasteiger partial charge in [-0.05, 0) is 63.0 Å². The van der Waals surface area contributed by atoms with Gasteiger partial charge in [0.1, 0.15) is 11.9 Å². The number of nitrogens with zero attached hydrogens (tertiary/aromatic N) is 5. The van der Waals surface area contributed by atoms with Crippen LogP contribution in [0.25, 0.3) is 21.3 Å². The molecule has 41 heavy (non-hydrogen) atoms. The van der Waals surface area contributed by atoms with E-state index in [2.05, 4.69) is 9.88 Å². The molecular weight excluding hydrogens is 558 g/mol. The van der Waals surface area contributed by atoms with Crippen molar-refractivity contribution < 1.29 is 14.3 Å². The minimum Gasteiger partial charge on any atom is -0.483 e. The lowest BCUT2D eigenvalue weighted by Gasteiger charge is -2.40. The van der Waals surface area contributed by atoms with Crippen LogP contribution in [0.4, 0.5) is 0 Å². The second-order valence-corrected chi connectivity index (χ2v) is 13.2. The number of fused-ring (bicyclic) bond motifs is 3. The molecular formula is C31H30ClN5O3S. The summed E-state index contributed by atoms with van der Waals surface area (Å²) in [6.07, 6.45) is 7.53. The lowest BCUT2D eigenvalue weighted by Crippen LogP contribution is -2.47. The number of benzene rings is 1. The third-order valence-electron chi connectivity index (χ3n) is 9.16. The van der Waals surface area contributed by atoms with Gasteiger partial charge in [0.05, 0.1) is 28.1 Å². The van der Waals surface area contributed by atoms with Gasteiger partial charge in [-0.2, -0.15) is 5.10 Å². The average molecular weight is 588 g/mol. The predicted octanol–water partition coefficient (Wildman–Crippen LogP) is 5.24. The van der Waals surface area contributed by atoms with Gasteiger partial charge < -0.3 is 4.74 Å². The Balaban J connectivity index is 1.14. The van der Waals surface area contributed by atoms with Gasteiger partial charge in [-0.25, -0.2) is 0 Å². The highest BCUT2D eigenvalue weighted by molar-refractivity contribution is 7.19. The molecule has 0 spiro atoms. The molecule has 2 fully saturated rings. The number of aromatic nitrogens is 3. The normalized spacial score (nSPS) is 22.2. The Hall–Kier alpha value is -3.27. The Bertz CT molecular complexity index is 1730. The third-order valence-corrected chi connectivity index (χ3v) is 10.5. The number of halogens is 1. The lowest BCUT2D eigenvalue weighted by atomic mass is 9.87. The number of amides is 2. The summed E-state index contributed by atoms with van der Waals surface area (Å²) >= 11 is 8.27. The zero-order chi connectivity index (χ0) is 27.8. The van der Waals surface area contributed by atoms with Crippen molar-refractivity contribution in [1.29, 1.82) is 0 Å². The van der Waals surface area contributed by atoms with Crippen molar-refractivity contribution in [1.82, 2.24) is 24.6 Å². The Morgan fingerprint density at radius 2 is 1.90 bits per heavy atom. The monoisotopic (exact) mass is 587 g/mol. The minimum atomic E-state index is -0.123. The standard InChI is InChI=1S/C31H30ClN5O3S/c1-35-29(23-14-19(36-9-2-10-36)3-4-24(23)34-35)26-12-17-11-18(32)13-22(30(17)40-26)21-7-8-33-25-15-20(41-31(21)25)16-37-27(38)5-6-28(37)39/h7-8,11,13,15,19,26H,2-6,9-10,12,14,16H2,1H3. The zero-order valence-electron chi connectivity index (χ0n) is 22.9. The molecule has 3 aliphatic heterocycles. The Kier molecular flexibility index (Phi) is 5.98. The maximum absolute atomic E-state index is 12.2.